The first-order valence-corrected chi connectivity index (χ1v) is 6.04. The molecule has 0 aromatic heterocycles. The topological polar surface area (TPSA) is 53.6 Å². The Morgan fingerprint density at radius 2 is 2.12 bits per heavy atom. The lowest BCUT2D eigenvalue weighted by Crippen LogP contribution is -2.58. The van der Waals surface area contributed by atoms with Crippen molar-refractivity contribution in [3.63, 3.8) is 0 Å². The summed E-state index contributed by atoms with van der Waals surface area (Å²) in [6.45, 7) is 4.05. The van der Waals surface area contributed by atoms with Crippen molar-refractivity contribution in [1.29, 1.82) is 0 Å². The molecular formula is C11H21N3O2. The van der Waals surface area contributed by atoms with Gasteiger partial charge in [0.25, 0.3) is 0 Å². The quantitative estimate of drug-likeness (QED) is 0.659. The first-order valence-electron chi connectivity index (χ1n) is 6.04. The van der Waals surface area contributed by atoms with Crippen LogP contribution in [0.4, 0.5) is 0 Å². The van der Waals surface area contributed by atoms with Gasteiger partial charge in [-0.1, -0.05) is 0 Å². The summed E-state index contributed by atoms with van der Waals surface area (Å²) in [5.41, 5.74) is 0. The third-order valence-electron chi connectivity index (χ3n) is 3.36. The van der Waals surface area contributed by atoms with Crippen molar-refractivity contribution in [1.82, 2.24) is 15.5 Å². The van der Waals surface area contributed by atoms with E-state index in [4.69, 9.17) is 4.74 Å². The molecule has 0 aromatic carbocycles. The maximum absolute atomic E-state index is 11.8. The number of ether oxygens (including phenoxy) is 1. The van der Waals surface area contributed by atoms with E-state index >= 15 is 0 Å². The first kappa shape index (κ1) is 11.8. The molecule has 0 aliphatic carbocycles. The lowest BCUT2D eigenvalue weighted by atomic mass is 10.1. The molecule has 2 rings (SSSR count). The molecule has 2 saturated heterocycles. The number of rotatable bonds is 4. The van der Waals surface area contributed by atoms with E-state index in [1.54, 1.807) is 0 Å². The van der Waals surface area contributed by atoms with Crippen LogP contribution in [0.3, 0.4) is 0 Å². The average molecular weight is 227 g/mol. The van der Waals surface area contributed by atoms with E-state index in [9.17, 15) is 4.79 Å². The zero-order chi connectivity index (χ0) is 11.4. The number of amides is 1. The molecule has 0 bridgehead atoms. The highest BCUT2D eigenvalue weighted by atomic mass is 16.5. The molecule has 0 atom stereocenters. The fraction of sp³-hybridized carbons (Fsp3) is 0.909. The molecule has 0 radical (unpaired) electrons. The van der Waals surface area contributed by atoms with Crippen LogP contribution in [0.15, 0.2) is 0 Å². The van der Waals surface area contributed by atoms with E-state index in [-0.39, 0.29) is 5.91 Å². The molecule has 5 nitrogen and oxygen atoms in total. The summed E-state index contributed by atoms with van der Waals surface area (Å²) in [5, 5.41) is 6.28. The summed E-state index contributed by atoms with van der Waals surface area (Å²) >= 11 is 0. The molecule has 0 spiro atoms. The highest BCUT2D eigenvalue weighted by Gasteiger charge is 2.24. The maximum atomic E-state index is 11.8. The van der Waals surface area contributed by atoms with Crippen molar-refractivity contribution in [3.05, 3.63) is 0 Å². The van der Waals surface area contributed by atoms with Gasteiger partial charge in [0.1, 0.15) is 0 Å². The minimum Gasteiger partial charge on any atom is -0.381 e. The normalized spacial score (nSPS) is 23.1. The molecule has 1 amide bonds. The minimum absolute atomic E-state index is 0.140. The molecule has 2 fully saturated rings. The van der Waals surface area contributed by atoms with Gasteiger partial charge in [-0.15, -0.1) is 0 Å². The second-order valence-corrected chi connectivity index (χ2v) is 4.68. The van der Waals surface area contributed by atoms with Crippen LogP contribution in [0.5, 0.6) is 0 Å². The number of hydrogen-bond acceptors (Lipinski definition) is 4. The average Bonchev–Trinajstić information content (AvgIpc) is 2.15. The summed E-state index contributed by atoms with van der Waals surface area (Å²) < 4.78 is 5.26. The second kappa shape index (κ2) is 5.61. The molecule has 0 unspecified atom stereocenters. The monoisotopic (exact) mass is 227 g/mol. The van der Waals surface area contributed by atoms with E-state index in [2.05, 4.69) is 15.5 Å². The zero-order valence-electron chi connectivity index (χ0n) is 9.87. The van der Waals surface area contributed by atoms with Crippen LogP contribution in [-0.4, -0.2) is 62.8 Å². The van der Waals surface area contributed by atoms with Gasteiger partial charge in [0, 0.05) is 38.4 Å². The van der Waals surface area contributed by atoms with Crippen molar-refractivity contribution < 1.29 is 9.53 Å². The second-order valence-electron chi connectivity index (χ2n) is 4.68. The maximum Gasteiger partial charge on any atom is 0.234 e. The number of nitrogens with one attached hydrogen (secondary N) is 2. The predicted octanol–water partition coefficient (Wildman–Crippen LogP) is -0.815. The Morgan fingerprint density at radius 3 is 2.69 bits per heavy atom. The van der Waals surface area contributed by atoms with Gasteiger partial charge in [0.15, 0.2) is 0 Å². The molecule has 2 aliphatic heterocycles. The third kappa shape index (κ3) is 3.17. The Hall–Kier alpha value is -0.650. The van der Waals surface area contributed by atoms with Gasteiger partial charge in [-0.2, -0.15) is 0 Å². The molecule has 2 aliphatic rings. The Kier molecular flexibility index (Phi) is 4.15. The minimum atomic E-state index is 0.140. The Morgan fingerprint density at radius 1 is 1.44 bits per heavy atom. The van der Waals surface area contributed by atoms with E-state index in [0.29, 0.717) is 18.6 Å². The van der Waals surface area contributed by atoms with Gasteiger partial charge in [0.05, 0.1) is 6.54 Å². The molecule has 92 valence electrons. The van der Waals surface area contributed by atoms with Crippen molar-refractivity contribution in [2.75, 3.05) is 39.9 Å². The first-order chi connectivity index (χ1) is 7.75. The van der Waals surface area contributed by atoms with Crippen LogP contribution in [-0.2, 0) is 9.53 Å². The molecular weight excluding hydrogens is 206 g/mol. The molecule has 0 aromatic rings. The van der Waals surface area contributed by atoms with E-state index in [0.717, 1.165) is 39.1 Å². The highest BCUT2D eigenvalue weighted by Crippen LogP contribution is 2.06. The summed E-state index contributed by atoms with van der Waals surface area (Å²) in [4.78, 5) is 13.9. The van der Waals surface area contributed by atoms with Crippen molar-refractivity contribution >= 4 is 5.91 Å². The van der Waals surface area contributed by atoms with Crippen LogP contribution in [0.2, 0.25) is 0 Å². The number of nitrogens with zero attached hydrogens (tertiary/aromatic N) is 1. The highest BCUT2D eigenvalue weighted by molar-refractivity contribution is 5.78. The van der Waals surface area contributed by atoms with Gasteiger partial charge in [0.2, 0.25) is 5.91 Å². The smallest absolute Gasteiger partial charge is 0.234 e. The fourth-order valence-electron chi connectivity index (χ4n) is 2.06. The number of likely N-dealkylation sites (N-methyl/N-ethyl adjacent to an activating group) is 1. The van der Waals surface area contributed by atoms with Crippen molar-refractivity contribution in [2.24, 2.45) is 0 Å². The van der Waals surface area contributed by atoms with Crippen molar-refractivity contribution in [2.45, 2.75) is 24.9 Å². The van der Waals surface area contributed by atoms with Crippen molar-refractivity contribution in [3.8, 4) is 0 Å². The Labute approximate surface area is 96.5 Å². The SMILES string of the molecule is CN(CC(=O)NC1CCOCC1)C1CNC1. The number of carbonyl (C=O) groups excluding carboxylic acids is 1. The molecule has 2 heterocycles. The van der Waals surface area contributed by atoms with Gasteiger partial charge in [-0.3, -0.25) is 9.69 Å². The standard InChI is InChI=1S/C11H21N3O2/c1-14(10-6-12-7-10)8-11(15)13-9-2-4-16-5-3-9/h9-10,12H,2-8H2,1H3,(H,13,15). The number of carbonyl (C=O) groups is 1. The lowest BCUT2D eigenvalue weighted by Gasteiger charge is -2.35. The van der Waals surface area contributed by atoms with E-state index in [1.807, 2.05) is 7.05 Å². The fourth-order valence-corrected chi connectivity index (χ4v) is 2.06. The Balaban J connectivity index is 1.66. The largest absolute Gasteiger partial charge is 0.381 e. The summed E-state index contributed by atoms with van der Waals surface area (Å²) in [6.07, 6.45) is 1.89. The van der Waals surface area contributed by atoms with Crippen LogP contribution in [0, 0.1) is 0 Å². The summed E-state index contributed by atoms with van der Waals surface area (Å²) in [5.74, 6) is 0.140. The molecule has 16 heavy (non-hydrogen) atoms. The van der Waals surface area contributed by atoms with E-state index < -0.39 is 0 Å². The number of hydrogen-bond donors (Lipinski definition) is 2. The van der Waals surface area contributed by atoms with Gasteiger partial charge in [-0.25, -0.2) is 0 Å². The molecule has 2 N–H and O–H groups in total. The molecule has 5 heteroatoms. The zero-order valence-corrected chi connectivity index (χ0v) is 9.87. The van der Waals surface area contributed by atoms with Gasteiger partial charge in [-0.05, 0) is 19.9 Å². The van der Waals surface area contributed by atoms with E-state index in [1.165, 1.54) is 0 Å². The van der Waals surface area contributed by atoms with Gasteiger partial charge >= 0.3 is 0 Å². The third-order valence-corrected chi connectivity index (χ3v) is 3.36. The van der Waals surface area contributed by atoms with Gasteiger partial charge < -0.3 is 15.4 Å². The van der Waals surface area contributed by atoms with Crippen LogP contribution in [0.25, 0.3) is 0 Å². The lowest BCUT2D eigenvalue weighted by molar-refractivity contribution is -0.123. The predicted molar refractivity (Wildman–Crippen MR) is 61.3 cm³/mol. The van der Waals surface area contributed by atoms with Crippen LogP contribution >= 0.6 is 0 Å². The summed E-state index contributed by atoms with van der Waals surface area (Å²) in [7, 11) is 2.01. The van der Waals surface area contributed by atoms with Crippen LogP contribution in [0.1, 0.15) is 12.8 Å². The Bertz CT molecular complexity index is 231. The summed E-state index contributed by atoms with van der Waals surface area (Å²) in [6, 6.07) is 0.842. The van der Waals surface area contributed by atoms with Crippen LogP contribution < -0.4 is 10.6 Å². The molecule has 0 saturated carbocycles.